The summed E-state index contributed by atoms with van der Waals surface area (Å²) in [4.78, 5) is 2.53. The zero-order valence-corrected chi connectivity index (χ0v) is 13.3. The van der Waals surface area contributed by atoms with Gasteiger partial charge in [-0.25, -0.2) is 0 Å². The SMILES string of the molecule is COCC1CCN(C(C)CC(C)(CO)NC(C)C)C1. The van der Waals surface area contributed by atoms with Gasteiger partial charge in [-0.15, -0.1) is 0 Å². The first-order valence-corrected chi connectivity index (χ1v) is 7.51. The highest BCUT2D eigenvalue weighted by atomic mass is 16.5. The molecule has 4 nitrogen and oxygen atoms in total. The summed E-state index contributed by atoms with van der Waals surface area (Å²) in [6.07, 6.45) is 2.20. The standard InChI is InChI=1S/C15H32N2O2/c1-12(2)16-15(4,11-18)8-13(3)17-7-6-14(9-17)10-19-5/h12-14,16,18H,6-11H2,1-5H3. The van der Waals surface area contributed by atoms with E-state index in [0.717, 1.165) is 26.1 Å². The quantitative estimate of drug-likeness (QED) is 0.702. The van der Waals surface area contributed by atoms with Crippen molar-refractivity contribution >= 4 is 0 Å². The number of hydrogen-bond donors (Lipinski definition) is 2. The number of rotatable bonds is 8. The van der Waals surface area contributed by atoms with Crippen LogP contribution >= 0.6 is 0 Å². The largest absolute Gasteiger partial charge is 0.394 e. The first-order valence-electron chi connectivity index (χ1n) is 7.51. The van der Waals surface area contributed by atoms with Crippen LogP contribution in [0.1, 0.15) is 40.5 Å². The average molecular weight is 272 g/mol. The summed E-state index contributed by atoms with van der Waals surface area (Å²) >= 11 is 0. The van der Waals surface area contributed by atoms with Crippen LogP contribution in [0.5, 0.6) is 0 Å². The van der Waals surface area contributed by atoms with Gasteiger partial charge in [0, 0.05) is 31.3 Å². The van der Waals surface area contributed by atoms with Gasteiger partial charge < -0.3 is 20.1 Å². The highest BCUT2D eigenvalue weighted by Crippen LogP contribution is 2.23. The molecule has 3 unspecified atom stereocenters. The van der Waals surface area contributed by atoms with Crippen LogP contribution in [0.3, 0.4) is 0 Å². The van der Waals surface area contributed by atoms with Crippen LogP contribution in [-0.4, -0.2) is 61.0 Å². The maximum atomic E-state index is 9.66. The minimum Gasteiger partial charge on any atom is -0.394 e. The molecular weight excluding hydrogens is 240 g/mol. The third kappa shape index (κ3) is 5.38. The monoisotopic (exact) mass is 272 g/mol. The summed E-state index contributed by atoms with van der Waals surface area (Å²) in [6.45, 7) is 12.0. The van der Waals surface area contributed by atoms with Crippen molar-refractivity contribution < 1.29 is 9.84 Å². The van der Waals surface area contributed by atoms with E-state index in [-0.39, 0.29) is 12.1 Å². The zero-order valence-electron chi connectivity index (χ0n) is 13.3. The van der Waals surface area contributed by atoms with Gasteiger partial charge in [-0.05, 0) is 39.2 Å². The second kappa shape index (κ2) is 7.58. The molecule has 1 fully saturated rings. The van der Waals surface area contributed by atoms with E-state index in [0.29, 0.717) is 18.0 Å². The summed E-state index contributed by atoms with van der Waals surface area (Å²) in [6, 6.07) is 0.884. The van der Waals surface area contributed by atoms with Crippen LogP contribution in [0, 0.1) is 5.92 Å². The summed E-state index contributed by atoms with van der Waals surface area (Å²) in [5.41, 5.74) is -0.188. The molecule has 0 saturated carbocycles. The van der Waals surface area contributed by atoms with Crippen molar-refractivity contribution in [1.82, 2.24) is 10.2 Å². The van der Waals surface area contributed by atoms with Crippen LogP contribution in [0.15, 0.2) is 0 Å². The molecule has 1 heterocycles. The molecule has 0 bridgehead atoms. The summed E-state index contributed by atoms with van der Waals surface area (Å²) < 4.78 is 5.25. The molecule has 0 aromatic carbocycles. The van der Waals surface area contributed by atoms with E-state index in [4.69, 9.17) is 4.74 Å². The Hall–Kier alpha value is -0.160. The fraction of sp³-hybridized carbons (Fsp3) is 1.00. The maximum absolute atomic E-state index is 9.66. The van der Waals surface area contributed by atoms with Gasteiger partial charge in [0.2, 0.25) is 0 Å². The number of hydrogen-bond acceptors (Lipinski definition) is 4. The molecular formula is C15H32N2O2. The molecule has 1 aliphatic rings. The Morgan fingerprint density at radius 3 is 2.63 bits per heavy atom. The molecule has 4 heteroatoms. The topological polar surface area (TPSA) is 44.7 Å². The van der Waals surface area contributed by atoms with Gasteiger partial charge in [0.25, 0.3) is 0 Å². The molecule has 0 aromatic heterocycles. The Morgan fingerprint density at radius 1 is 1.42 bits per heavy atom. The van der Waals surface area contributed by atoms with Gasteiger partial charge in [0.05, 0.1) is 13.2 Å². The van der Waals surface area contributed by atoms with E-state index in [2.05, 4.69) is 37.9 Å². The van der Waals surface area contributed by atoms with Crippen molar-refractivity contribution in [2.45, 2.75) is 58.2 Å². The van der Waals surface area contributed by atoms with E-state index < -0.39 is 0 Å². The normalized spacial score (nSPS) is 25.7. The van der Waals surface area contributed by atoms with Gasteiger partial charge in [-0.1, -0.05) is 13.8 Å². The predicted octanol–water partition coefficient (Wildman–Crippen LogP) is 1.48. The van der Waals surface area contributed by atoms with Gasteiger partial charge in [-0.3, -0.25) is 0 Å². The fourth-order valence-corrected chi connectivity index (χ4v) is 3.28. The van der Waals surface area contributed by atoms with Crippen molar-refractivity contribution in [2.24, 2.45) is 5.92 Å². The number of nitrogens with zero attached hydrogens (tertiary/aromatic N) is 1. The minimum absolute atomic E-state index is 0.185. The van der Waals surface area contributed by atoms with Crippen molar-refractivity contribution in [1.29, 1.82) is 0 Å². The summed E-state index contributed by atoms with van der Waals surface area (Å²) in [5.74, 6) is 0.672. The lowest BCUT2D eigenvalue weighted by Crippen LogP contribution is -2.52. The number of likely N-dealkylation sites (tertiary alicyclic amines) is 1. The molecule has 114 valence electrons. The summed E-state index contributed by atoms with van der Waals surface area (Å²) in [7, 11) is 1.78. The Morgan fingerprint density at radius 2 is 2.11 bits per heavy atom. The van der Waals surface area contributed by atoms with Crippen LogP contribution < -0.4 is 5.32 Å². The van der Waals surface area contributed by atoms with Crippen LogP contribution in [-0.2, 0) is 4.74 Å². The molecule has 3 atom stereocenters. The van der Waals surface area contributed by atoms with E-state index in [1.165, 1.54) is 6.42 Å². The van der Waals surface area contributed by atoms with E-state index in [1.54, 1.807) is 7.11 Å². The van der Waals surface area contributed by atoms with Crippen molar-refractivity contribution in [3.8, 4) is 0 Å². The molecule has 0 amide bonds. The Kier molecular flexibility index (Phi) is 6.74. The smallest absolute Gasteiger partial charge is 0.0611 e. The number of aliphatic hydroxyl groups is 1. The zero-order chi connectivity index (χ0) is 14.5. The molecule has 1 saturated heterocycles. The molecule has 0 aliphatic carbocycles. The second-order valence-corrected chi connectivity index (χ2v) is 6.68. The van der Waals surface area contributed by atoms with Crippen LogP contribution in [0.2, 0.25) is 0 Å². The van der Waals surface area contributed by atoms with E-state index in [1.807, 2.05) is 0 Å². The first-order chi connectivity index (χ1) is 8.90. The molecule has 0 radical (unpaired) electrons. The minimum atomic E-state index is -0.188. The highest BCUT2D eigenvalue weighted by molar-refractivity contribution is 4.90. The lowest BCUT2D eigenvalue weighted by molar-refractivity contribution is 0.111. The lowest BCUT2D eigenvalue weighted by Gasteiger charge is -2.36. The third-order valence-corrected chi connectivity index (χ3v) is 4.08. The number of methoxy groups -OCH3 is 1. The predicted molar refractivity (Wildman–Crippen MR) is 79.4 cm³/mol. The number of aliphatic hydroxyl groups excluding tert-OH is 1. The van der Waals surface area contributed by atoms with Crippen LogP contribution in [0.25, 0.3) is 0 Å². The van der Waals surface area contributed by atoms with Crippen LogP contribution in [0.4, 0.5) is 0 Å². The highest BCUT2D eigenvalue weighted by Gasteiger charge is 2.32. The second-order valence-electron chi connectivity index (χ2n) is 6.68. The third-order valence-electron chi connectivity index (χ3n) is 4.08. The lowest BCUT2D eigenvalue weighted by atomic mass is 9.93. The fourth-order valence-electron chi connectivity index (χ4n) is 3.28. The molecule has 19 heavy (non-hydrogen) atoms. The van der Waals surface area contributed by atoms with E-state index >= 15 is 0 Å². The number of ether oxygens (including phenoxy) is 1. The summed E-state index contributed by atoms with van der Waals surface area (Å²) in [5, 5.41) is 13.2. The Bertz CT molecular complexity index is 261. The molecule has 1 aliphatic heterocycles. The van der Waals surface area contributed by atoms with Crippen molar-refractivity contribution in [2.75, 3.05) is 33.4 Å². The van der Waals surface area contributed by atoms with Crippen molar-refractivity contribution in [3.63, 3.8) is 0 Å². The van der Waals surface area contributed by atoms with Crippen molar-refractivity contribution in [3.05, 3.63) is 0 Å². The molecule has 0 spiro atoms. The van der Waals surface area contributed by atoms with Gasteiger partial charge in [0.15, 0.2) is 0 Å². The molecule has 0 aromatic rings. The van der Waals surface area contributed by atoms with Gasteiger partial charge >= 0.3 is 0 Å². The average Bonchev–Trinajstić information content (AvgIpc) is 2.77. The van der Waals surface area contributed by atoms with Gasteiger partial charge in [-0.2, -0.15) is 0 Å². The maximum Gasteiger partial charge on any atom is 0.0611 e. The number of nitrogens with one attached hydrogen (secondary N) is 1. The first kappa shape index (κ1) is 16.9. The molecule has 2 N–H and O–H groups in total. The molecule has 1 rings (SSSR count). The Labute approximate surface area is 118 Å². The van der Waals surface area contributed by atoms with E-state index in [9.17, 15) is 5.11 Å². The van der Waals surface area contributed by atoms with Gasteiger partial charge in [0.1, 0.15) is 0 Å². The Balaban J connectivity index is 2.47.